The number of carbonyl (C=O) groups excluding carboxylic acids is 1. The van der Waals surface area contributed by atoms with Crippen molar-refractivity contribution in [3.05, 3.63) is 58.6 Å². The van der Waals surface area contributed by atoms with Crippen LogP contribution in [0.4, 0.5) is 0 Å². The minimum absolute atomic E-state index is 0.317. The molecule has 0 saturated heterocycles. The second-order valence-corrected chi connectivity index (χ2v) is 4.79. The molecular formula is C16H15ClN2O3. The average Bonchev–Trinajstić information content (AvgIpc) is 2.55. The number of nitrogens with one attached hydrogen (secondary N) is 1. The summed E-state index contributed by atoms with van der Waals surface area (Å²) in [5.41, 5.74) is 3.67. The lowest BCUT2D eigenvalue weighted by molar-refractivity contribution is 0.0955. The van der Waals surface area contributed by atoms with Crippen LogP contribution >= 0.6 is 11.6 Å². The number of methoxy groups -OCH3 is 2. The maximum absolute atomic E-state index is 11.9. The number of carbonyl (C=O) groups is 1. The first-order chi connectivity index (χ1) is 10.6. The lowest BCUT2D eigenvalue weighted by Crippen LogP contribution is -2.17. The molecule has 0 fully saturated rings. The number of rotatable bonds is 5. The summed E-state index contributed by atoms with van der Waals surface area (Å²) < 4.78 is 10.3. The van der Waals surface area contributed by atoms with Gasteiger partial charge in [0.1, 0.15) is 11.5 Å². The van der Waals surface area contributed by atoms with Gasteiger partial charge in [0.15, 0.2) is 0 Å². The van der Waals surface area contributed by atoms with Crippen LogP contribution in [0.5, 0.6) is 11.5 Å². The Bertz CT molecular complexity index is 662. The molecule has 0 aromatic heterocycles. The predicted octanol–water partition coefficient (Wildman–Crippen LogP) is 3.12. The normalized spacial score (nSPS) is 10.5. The number of halogens is 1. The summed E-state index contributed by atoms with van der Waals surface area (Å²) in [7, 11) is 3.13. The molecule has 114 valence electrons. The summed E-state index contributed by atoms with van der Waals surface area (Å²) in [6, 6.07) is 11.9. The van der Waals surface area contributed by atoms with Gasteiger partial charge in [-0.2, -0.15) is 5.10 Å². The van der Waals surface area contributed by atoms with E-state index in [-0.39, 0.29) is 5.91 Å². The molecule has 0 unspecified atom stereocenters. The first-order valence-corrected chi connectivity index (χ1v) is 6.82. The third-order valence-electron chi connectivity index (χ3n) is 2.86. The van der Waals surface area contributed by atoms with Crippen LogP contribution < -0.4 is 14.9 Å². The van der Waals surface area contributed by atoms with E-state index in [9.17, 15) is 4.79 Å². The molecule has 2 aromatic rings. The largest absolute Gasteiger partial charge is 0.497 e. The number of hydrogen-bond donors (Lipinski definition) is 1. The van der Waals surface area contributed by atoms with Gasteiger partial charge in [-0.05, 0) is 36.4 Å². The van der Waals surface area contributed by atoms with E-state index in [1.54, 1.807) is 56.7 Å². The number of nitrogens with zero attached hydrogens (tertiary/aromatic N) is 1. The molecule has 0 aliphatic rings. The van der Waals surface area contributed by atoms with Gasteiger partial charge in [0, 0.05) is 22.2 Å². The maximum Gasteiger partial charge on any atom is 0.271 e. The quantitative estimate of drug-likeness (QED) is 0.680. The molecule has 0 saturated carbocycles. The van der Waals surface area contributed by atoms with Crippen LogP contribution in [0.15, 0.2) is 47.6 Å². The highest BCUT2D eigenvalue weighted by Gasteiger charge is 2.04. The number of hydrazone groups is 1. The summed E-state index contributed by atoms with van der Waals surface area (Å²) >= 11 is 5.77. The second kappa shape index (κ2) is 7.47. The Balaban J connectivity index is 2.05. The van der Waals surface area contributed by atoms with E-state index in [4.69, 9.17) is 21.1 Å². The zero-order chi connectivity index (χ0) is 15.9. The Morgan fingerprint density at radius 3 is 2.23 bits per heavy atom. The third-order valence-corrected chi connectivity index (χ3v) is 3.11. The first kappa shape index (κ1) is 15.9. The van der Waals surface area contributed by atoms with Gasteiger partial charge in [0.05, 0.1) is 20.4 Å². The van der Waals surface area contributed by atoms with E-state index in [0.29, 0.717) is 22.1 Å². The van der Waals surface area contributed by atoms with Gasteiger partial charge >= 0.3 is 0 Å². The minimum atomic E-state index is -0.317. The van der Waals surface area contributed by atoms with Crippen LogP contribution in [0.2, 0.25) is 5.02 Å². The van der Waals surface area contributed by atoms with E-state index in [0.717, 1.165) is 5.56 Å². The lowest BCUT2D eigenvalue weighted by atomic mass is 10.2. The molecule has 0 atom stereocenters. The summed E-state index contributed by atoms with van der Waals surface area (Å²) in [6.45, 7) is 0. The number of hydrogen-bond acceptors (Lipinski definition) is 4. The van der Waals surface area contributed by atoms with Gasteiger partial charge < -0.3 is 9.47 Å². The minimum Gasteiger partial charge on any atom is -0.497 e. The Morgan fingerprint density at radius 1 is 1.09 bits per heavy atom. The molecule has 0 aliphatic carbocycles. The molecule has 0 spiro atoms. The van der Waals surface area contributed by atoms with Gasteiger partial charge in [0.2, 0.25) is 0 Å². The van der Waals surface area contributed by atoms with E-state index in [1.165, 1.54) is 6.21 Å². The summed E-state index contributed by atoms with van der Waals surface area (Å²) in [5, 5.41) is 4.50. The van der Waals surface area contributed by atoms with Gasteiger partial charge in [-0.15, -0.1) is 0 Å². The fourth-order valence-electron chi connectivity index (χ4n) is 1.74. The molecule has 2 rings (SSSR count). The van der Waals surface area contributed by atoms with Crippen molar-refractivity contribution in [3.63, 3.8) is 0 Å². The maximum atomic E-state index is 11.9. The van der Waals surface area contributed by atoms with Crippen molar-refractivity contribution in [2.75, 3.05) is 14.2 Å². The Labute approximate surface area is 133 Å². The van der Waals surface area contributed by atoms with Crippen LogP contribution in [-0.2, 0) is 0 Å². The second-order valence-electron chi connectivity index (χ2n) is 4.35. The molecule has 0 aliphatic heterocycles. The SMILES string of the molecule is COc1cc(/C=N\NC(=O)c2ccc(Cl)cc2)cc(OC)c1. The average molecular weight is 319 g/mol. The molecule has 5 nitrogen and oxygen atoms in total. The monoisotopic (exact) mass is 318 g/mol. The van der Waals surface area contributed by atoms with Crippen LogP contribution in [0.25, 0.3) is 0 Å². The van der Waals surface area contributed by atoms with Gasteiger partial charge in [-0.3, -0.25) is 4.79 Å². The van der Waals surface area contributed by atoms with Crippen LogP contribution in [0.3, 0.4) is 0 Å². The molecule has 0 heterocycles. The number of ether oxygens (including phenoxy) is 2. The van der Waals surface area contributed by atoms with E-state index in [1.807, 2.05) is 0 Å². The molecule has 22 heavy (non-hydrogen) atoms. The Hall–Kier alpha value is -2.53. The number of benzene rings is 2. The first-order valence-electron chi connectivity index (χ1n) is 6.44. The third kappa shape index (κ3) is 4.23. The fraction of sp³-hybridized carbons (Fsp3) is 0.125. The Morgan fingerprint density at radius 2 is 1.68 bits per heavy atom. The van der Waals surface area contributed by atoms with Crippen LogP contribution in [0, 0.1) is 0 Å². The summed E-state index contributed by atoms with van der Waals surface area (Å²) in [5.74, 6) is 0.970. The highest BCUT2D eigenvalue weighted by Crippen LogP contribution is 2.21. The highest BCUT2D eigenvalue weighted by molar-refractivity contribution is 6.30. The molecule has 0 bridgehead atoms. The molecular weight excluding hydrogens is 304 g/mol. The highest BCUT2D eigenvalue weighted by atomic mass is 35.5. The zero-order valence-electron chi connectivity index (χ0n) is 12.2. The van der Waals surface area contributed by atoms with Gasteiger partial charge in [-0.25, -0.2) is 5.43 Å². The van der Waals surface area contributed by atoms with Crippen LogP contribution in [0.1, 0.15) is 15.9 Å². The zero-order valence-corrected chi connectivity index (χ0v) is 12.9. The topological polar surface area (TPSA) is 59.9 Å². The van der Waals surface area contributed by atoms with Gasteiger partial charge in [-0.1, -0.05) is 11.6 Å². The standard InChI is InChI=1S/C16H15ClN2O3/c1-21-14-7-11(8-15(9-14)22-2)10-18-19-16(20)12-3-5-13(17)6-4-12/h3-10H,1-2H3,(H,19,20)/b18-10-. The van der Waals surface area contributed by atoms with Crippen molar-refractivity contribution < 1.29 is 14.3 Å². The molecule has 2 aromatic carbocycles. The number of amides is 1. The summed E-state index contributed by atoms with van der Waals surface area (Å²) in [4.78, 5) is 11.9. The fourth-order valence-corrected chi connectivity index (χ4v) is 1.86. The smallest absolute Gasteiger partial charge is 0.271 e. The molecule has 6 heteroatoms. The predicted molar refractivity (Wildman–Crippen MR) is 86.1 cm³/mol. The van der Waals surface area contributed by atoms with E-state index < -0.39 is 0 Å². The van der Waals surface area contributed by atoms with E-state index in [2.05, 4.69) is 10.5 Å². The van der Waals surface area contributed by atoms with E-state index >= 15 is 0 Å². The van der Waals surface area contributed by atoms with Crippen molar-refractivity contribution in [3.8, 4) is 11.5 Å². The van der Waals surface area contributed by atoms with Crippen molar-refractivity contribution in [1.82, 2.24) is 5.43 Å². The van der Waals surface area contributed by atoms with Crippen LogP contribution in [-0.4, -0.2) is 26.3 Å². The molecule has 1 N–H and O–H groups in total. The van der Waals surface area contributed by atoms with Crippen molar-refractivity contribution >= 4 is 23.7 Å². The Kier molecular flexibility index (Phi) is 5.38. The van der Waals surface area contributed by atoms with Crippen molar-refractivity contribution in [1.29, 1.82) is 0 Å². The van der Waals surface area contributed by atoms with Gasteiger partial charge in [0.25, 0.3) is 5.91 Å². The van der Waals surface area contributed by atoms with Crippen molar-refractivity contribution in [2.24, 2.45) is 5.10 Å². The molecule has 1 amide bonds. The lowest BCUT2D eigenvalue weighted by Gasteiger charge is -2.05. The molecule has 0 radical (unpaired) electrons. The summed E-state index contributed by atoms with van der Waals surface area (Å²) in [6.07, 6.45) is 1.51. The van der Waals surface area contributed by atoms with Crippen molar-refractivity contribution in [2.45, 2.75) is 0 Å².